The summed E-state index contributed by atoms with van der Waals surface area (Å²) in [5.74, 6) is -0.220. The molecule has 5 heteroatoms. The Morgan fingerprint density at radius 3 is 2.38 bits per heavy atom. The third-order valence-corrected chi connectivity index (χ3v) is 4.14. The number of rotatable bonds is 10. The fourth-order valence-corrected chi connectivity index (χ4v) is 2.61. The zero-order chi connectivity index (χ0) is 18.8. The maximum absolute atomic E-state index is 11.5. The predicted octanol–water partition coefficient (Wildman–Crippen LogP) is 3.16. The van der Waals surface area contributed by atoms with Crippen LogP contribution in [0, 0.1) is 0 Å². The summed E-state index contributed by atoms with van der Waals surface area (Å²) in [4.78, 5) is 11.5. The number of hydrogen-bond acceptors (Lipinski definition) is 5. The molecule has 5 nitrogen and oxygen atoms in total. The topological polar surface area (TPSA) is 61.8 Å². The largest absolute Gasteiger partial charge is 0.466 e. The van der Waals surface area contributed by atoms with E-state index in [1.165, 1.54) is 10.6 Å². The molecule has 2 N–H and O–H groups in total. The molecular formula is C21H28N2O3. The van der Waals surface area contributed by atoms with Gasteiger partial charge in [-0.15, -0.1) is 0 Å². The Morgan fingerprint density at radius 1 is 1.08 bits per heavy atom. The molecule has 0 fully saturated rings. The van der Waals surface area contributed by atoms with Crippen LogP contribution < -0.4 is 5.32 Å². The molecule has 0 aromatic heterocycles. The van der Waals surface area contributed by atoms with Crippen LogP contribution in [0.1, 0.15) is 30.5 Å². The second-order valence-electron chi connectivity index (χ2n) is 6.36. The van der Waals surface area contributed by atoms with Crippen LogP contribution in [-0.2, 0) is 29.0 Å². The molecule has 2 rings (SSSR count). The highest BCUT2D eigenvalue weighted by molar-refractivity contribution is 5.72. The van der Waals surface area contributed by atoms with Crippen molar-refractivity contribution >= 4 is 5.97 Å². The smallest absolute Gasteiger partial charge is 0.310 e. The van der Waals surface area contributed by atoms with Gasteiger partial charge < -0.3 is 15.3 Å². The van der Waals surface area contributed by atoms with E-state index in [9.17, 15) is 10.0 Å². The van der Waals surface area contributed by atoms with Gasteiger partial charge in [-0.2, -0.15) is 5.06 Å². The summed E-state index contributed by atoms with van der Waals surface area (Å²) in [6.07, 6.45) is 0.275. The van der Waals surface area contributed by atoms with Crippen molar-refractivity contribution < 1.29 is 14.7 Å². The number of esters is 1. The van der Waals surface area contributed by atoms with E-state index >= 15 is 0 Å². The van der Waals surface area contributed by atoms with Crippen LogP contribution in [0.3, 0.4) is 0 Å². The number of nitrogens with zero attached hydrogens (tertiary/aromatic N) is 1. The third-order valence-electron chi connectivity index (χ3n) is 4.14. The van der Waals surface area contributed by atoms with Crippen LogP contribution >= 0.6 is 0 Å². The number of carbonyl (C=O) groups excluding carboxylic acids is 1. The molecule has 2 aromatic carbocycles. The van der Waals surface area contributed by atoms with Crippen LogP contribution in [0.15, 0.2) is 54.6 Å². The molecule has 0 heterocycles. The second-order valence-corrected chi connectivity index (χ2v) is 6.36. The summed E-state index contributed by atoms with van der Waals surface area (Å²) in [6.45, 7) is 6.08. The minimum atomic E-state index is -0.220. The quantitative estimate of drug-likeness (QED) is 0.506. The molecule has 1 atom stereocenters. The number of ether oxygens (including phenoxy) is 1. The Labute approximate surface area is 155 Å². The third kappa shape index (κ3) is 6.96. The molecule has 0 spiro atoms. The van der Waals surface area contributed by atoms with E-state index in [0.29, 0.717) is 19.7 Å². The lowest BCUT2D eigenvalue weighted by Gasteiger charge is -2.23. The van der Waals surface area contributed by atoms with Crippen molar-refractivity contribution in [1.29, 1.82) is 0 Å². The summed E-state index contributed by atoms with van der Waals surface area (Å²) in [6, 6.07) is 17.8. The van der Waals surface area contributed by atoms with E-state index < -0.39 is 0 Å². The van der Waals surface area contributed by atoms with Crippen molar-refractivity contribution in [2.24, 2.45) is 0 Å². The van der Waals surface area contributed by atoms with Crippen LogP contribution in [0.5, 0.6) is 0 Å². The Morgan fingerprint density at radius 2 is 1.73 bits per heavy atom. The van der Waals surface area contributed by atoms with Crippen molar-refractivity contribution in [3.63, 3.8) is 0 Å². The van der Waals surface area contributed by atoms with Gasteiger partial charge in [0.15, 0.2) is 0 Å². The Kier molecular flexibility index (Phi) is 8.28. The molecule has 0 radical (unpaired) electrons. The van der Waals surface area contributed by atoms with E-state index in [2.05, 4.69) is 17.4 Å². The first-order valence-electron chi connectivity index (χ1n) is 9.02. The lowest BCUT2D eigenvalue weighted by molar-refractivity contribution is -0.142. The summed E-state index contributed by atoms with van der Waals surface area (Å²) in [7, 11) is 0. The monoisotopic (exact) mass is 356 g/mol. The molecule has 0 aliphatic carbocycles. The first-order valence-corrected chi connectivity index (χ1v) is 9.02. The van der Waals surface area contributed by atoms with E-state index in [0.717, 1.165) is 17.7 Å². The highest BCUT2D eigenvalue weighted by Crippen LogP contribution is 2.10. The van der Waals surface area contributed by atoms with E-state index in [1.807, 2.05) is 49.4 Å². The maximum atomic E-state index is 11.5. The van der Waals surface area contributed by atoms with Gasteiger partial charge in [-0.3, -0.25) is 4.79 Å². The summed E-state index contributed by atoms with van der Waals surface area (Å²) in [5, 5.41) is 15.0. The van der Waals surface area contributed by atoms with Crippen molar-refractivity contribution in [3.8, 4) is 0 Å². The maximum Gasteiger partial charge on any atom is 0.310 e. The Balaban J connectivity index is 1.75. The minimum Gasteiger partial charge on any atom is -0.466 e. The zero-order valence-corrected chi connectivity index (χ0v) is 15.5. The summed E-state index contributed by atoms with van der Waals surface area (Å²) < 4.78 is 4.95. The van der Waals surface area contributed by atoms with Crippen LogP contribution in [-0.4, -0.2) is 35.4 Å². The van der Waals surface area contributed by atoms with Crippen LogP contribution in [0.2, 0.25) is 0 Å². The van der Waals surface area contributed by atoms with Gasteiger partial charge in [0, 0.05) is 25.7 Å². The fraction of sp³-hybridized carbons (Fsp3) is 0.381. The first kappa shape index (κ1) is 20.1. The molecule has 0 aliphatic rings. The molecule has 0 saturated carbocycles. The minimum absolute atomic E-state index is 0.0158. The lowest BCUT2D eigenvalue weighted by Crippen LogP contribution is -2.37. The lowest BCUT2D eigenvalue weighted by atomic mass is 10.1. The highest BCUT2D eigenvalue weighted by Gasteiger charge is 2.12. The highest BCUT2D eigenvalue weighted by atomic mass is 16.5. The molecule has 140 valence electrons. The van der Waals surface area contributed by atoms with Crippen LogP contribution in [0.4, 0.5) is 0 Å². The number of hydroxylamine groups is 2. The average molecular weight is 356 g/mol. The van der Waals surface area contributed by atoms with E-state index in [1.54, 1.807) is 6.92 Å². The molecule has 2 aromatic rings. The van der Waals surface area contributed by atoms with Crippen molar-refractivity contribution in [3.05, 3.63) is 71.3 Å². The van der Waals surface area contributed by atoms with Crippen molar-refractivity contribution in [2.45, 2.75) is 39.4 Å². The van der Waals surface area contributed by atoms with Gasteiger partial charge in [-0.05, 0) is 30.5 Å². The summed E-state index contributed by atoms with van der Waals surface area (Å²) in [5.41, 5.74) is 3.13. The van der Waals surface area contributed by atoms with Gasteiger partial charge in [-0.1, -0.05) is 54.6 Å². The fourth-order valence-electron chi connectivity index (χ4n) is 2.61. The molecular weight excluding hydrogens is 328 g/mol. The Hall–Kier alpha value is -2.21. The molecule has 0 bridgehead atoms. The standard InChI is InChI=1S/C21H28N2O3/c1-3-26-21(24)13-18-9-11-20(12-10-18)16-23(25)17(2)14-22-15-19-7-5-4-6-8-19/h4-12,17,22,25H,3,13-16H2,1-2H3. The predicted molar refractivity (Wildman–Crippen MR) is 102 cm³/mol. The van der Waals surface area contributed by atoms with E-state index in [4.69, 9.17) is 4.74 Å². The second kappa shape index (κ2) is 10.7. The van der Waals surface area contributed by atoms with Gasteiger partial charge in [0.2, 0.25) is 0 Å². The van der Waals surface area contributed by atoms with E-state index in [-0.39, 0.29) is 18.4 Å². The van der Waals surface area contributed by atoms with Crippen LogP contribution in [0.25, 0.3) is 0 Å². The van der Waals surface area contributed by atoms with Gasteiger partial charge in [-0.25, -0.2) is 0 Å². The first-order chi connectivity index (χ1) is 12.6. The number of hydrogen-bond donors (Lipinski definition) is 2. The SMILES string of the molecule is CCOC(=O)Cc1ccc(CN(O)C(C)CNCc2ccccc2)cc1. The molecule has 0 saturated heterocycles. The molecule has 0 aliphatic heterocycles. The Bertz CT molecular complexity index is 659. The molecule has 0 amide bonds. The zero-order valence-electron chi connectivity index (χ0n) is 15.5. The van der Waals surface area contributed by atoms with Gasteiger partial charge in [0.05, 0.1) is 13.0 Å². The number of benzene rings is 2. The number of carbonyl (C=O) groups is 1. The molecule has 26 heavy (non-hydrogen) atoms. The summed E-state index contributed by atoms with van der Waals surface area (Å²) >= 11 is 0. The van der Waals surface area contributed by atoms with Gasteiger partial charge in [0.1, 0.15) is 0 Å². The normalized spacial score (nSPS) is 12.2. The molecule has 1 unspecified atom stereocenters. The number of nitrogens with one attached hydrogen (secondary N) is 1. The van der Waals surface area contributed by atoms with Gasteiger partial charge >= 0.3 is 5.97 Å². The average Bonchev–Trinajstić information content (AvgIpc) is 2.64. The van der Waals surface area contributed by atoms with Crippen molar-refractivity contribution in [2.75, 3.05) is 13.2 Å². The van der Waals surface area contributed by atoms with Crippen molar-refractivity contribution in [1.82, 2.24) is 10.4 Å². The van der Waals surface area contributed by atoms with Gasteiger partial charge in [0.25, 0.3) is 0 Å².